The van der Waals surface area contributed by atoms with Gasteiger partial charge < -0.3 is 25.4 Å². The minimum Gasteiger partial charge on any atom is -0.495 e. The molecule has 0 aliphatic carbocycles. The number of ether oxygens (including phenoxy) is 2. The van der Waals surface area contributed by atoms with Gasteiger partial charge in [-0.25, -0.2) is 0 Å². The second-order valence-corrected chi connectivity index (χ2v) is 12.1. The van der Waals surface area contributed by atoms with Crippen molar-refractivity contribution >= 4 is 74.5 Å². The number of amides is 3. The molecule has 0 bridgehead atoms. The maximum atomic E-state index is 13.3. The summed E-state index contributed by atoms with van der Waals surface area (Å²) in [5.74, 6) is -0.282. The first kappa shape index (κ1) is 32.7. The molecule has 0 fully saturated rings. The first-order valence-electron chi connectivity index (χ1n) is 13.3. The zero-order chi connectivity index (χ0) is 31.6. The smallest absolute Gasteiger partial charge is 0.272 e. The number of benzene rings is 4. The summed E-state index contributed by atoms with van der Waals surface area (Å²) in [6.07, 6.45) is 1.61. The molecule has 8 nitrogen and oxygen atoms in total. The van der Waals surface area contributed by atoms with Crippen LogP contribution in [0.25, 0.3) is 6.08 Å². The van der Waals surface area contributed by atoms with E-state index in [1.54, 1.807) is 73.7 Å². The molecule has 0 aromatic heterocycles. The summed E-state index contributed by atoms with van der Waals surface area (Å²) < 4.78 is 11.5. The summed E-state index contributed by atoms with van der Waals surface area (Å²) in [5, 5.41) is 8.30. The SMILES string of the molecule is COc1cc(OC)c(NC(=O)C(C)Sc2ccc(NC(=O)/C(=C/c3ccc(Br)cc3)NC(=O)c3ccccc3)cc2)cc1Cl. The molecule has 226 valence electrons. The van der Waals surface area contributed by atoms with Crippen LogP contribution in [0.5, 0.6) is 11.5 Å². The fourth-order valence-corrected chi connectivity index (χ4v) is 5.31. The number of halogens is 2. The number of hydrogen-bond acceptors (Lipinski definition) is 6. The Hall–Kier alpha value is -4.25. The van der Waals surface area contributed by atoms with E-state index in [1.165, 1.54) is 26.0 Å². The van der Waals surface area contributed by atoms with Crippen LogP contribution in [0.2, 0.25) is 5.02 Å². The van der Waals surface area contributed by atoms with Crippen molar-refractivity contribution in [3.05, 3.63) is 117 Å². The molecule has 0 radical (unpaired) electrons. The van der Waals surface area contributed by atoms with E-state index in [9.17, 15) is 14.4 Å². The van der Waals surface area contributed by atoms with Crippen LogP contribution in [0.4, 0.5) is 11.4 Å². The Kier molecular flexibility index (Phi) is 11.5. The number of thioether (sulfide) groups is 1. The molecule has 1 atom stereocenters. The van der Waals surface area contributed by atoms with Gasteiger partial charge in [-0.2, -0.15) is 0 Å². The second-order valence-electron chi connectivity index (χ2n) is 9.34. The topological polar surface area (TPSA) is 106 Å². The summed E-state index contributed by atoms with van der Waals surface area (Å²) in [7, 11) is 2.99. The molecular weight excluding hydrogens is 666 g/mol. The number of nitrogens with one attached hydrogen (secondary N) is 3. The Morgan fingerprint density at radius 3 is 2.16 bits per heavy atom. The minimum absolute atomic E-state index is 0.0824. The van der Waals surface area contributed by atoms with Crippen LogP contribution in [0.15, 0.2) is 106 Å². The average molecular weight is 695 g/mol. The van der Waals surface area contributed by atoms with Crippen LogP contribution in [0.1, 0.15) is 22.8 Å². The molecule has 0 aliphatic heterocycles. The van der Waals surface area contributed by atoms with E-state index in [2.05, 4.69) is 31.9 Å². The standard InChI is InChI=1S/C33H29BrClN3O5S/c1-20(31(39)37-27-18-26(35)29(42-2)19-30(27)43-3)44-25-15-13-24(14-16-25)36-33(41)28(17-21-9-11-23(34)12-10-21)38-32(40)22-7-5-4-6-8-22/h4-20H,1-3H3,(H,36,41)(H,37,39)(H,38,40)/b28-17-. The lowest BCUT2D eigenvalue weighted by Crippen LogP contribution is -2.30. The van der Waals surface area contributed by atoms with E-state index < -0.39 is 17.1 Å². The molecule has 0 saturated carbocycles. The zero-order valence-electron chi connectivity index (χ0n) is 24.0. The predicted octanol–water partition coefficient (Wildman–Crippen LogP) is 7.65. The summed E-state index contributed by atoms with van der Waals surface area (Å²) in [6.45, 7) is 1.78. The summed E-state index contributed by atoms with van der Waals surface area (Å²) in [6, 6.07) is 26.3. The van der Waals surface area contributed by atoms with Gasteiger partial charge in [-0.05, 0) is 73.2 Å². The number of anilines is 2. The van der Waals surface area contributed by atoms with Crippen molar-refractivity contribution in [1.29, 1.82) is 0 Å². The number of hydrogen-bond donors (Lipinski definition) is 3. The summed E-state index contributed by atoms with van der Waals surface area (Å²) in [4.78, 5) is 39.9. The van der Waals surface area contributed by atoms with Gasteiger partial charge in [0.05, 0.1) is 30.2 Å². The van der Waals surface area contributed by atoms with Crippen molar-refractivity contribution in [2.24, 2.45) is 0 Å². The third kappa shape index (κ3) is 8.89. The van der Waals surface area contributed by atoms with Gasteiger partial charge in [-0.3, -0.25) is 14.4 Å². The third-order valence-corrected chi connectivity index (χ3v) is 8.17. The molecule has 0 saturated heterocycles. The average Bonchev–Trinajstić information content (AvgIpc) is 3.03. The first-order valence-corrected chi connectivity index (χ1v) is 15.4. The van der Waals surface area contributed by atoms with Crippen LogP contribution in [0, 0.1) is 0 Å². The fraction of sp³-hybridized carbons (Fsp3) is 0.121. The number of carbonyl (C=O) groups is 3. The molecule has 1 unspecified atom stereocenters. The van der Waals surface area contributed by atoms with Gasteiger partial charge in [0.25, 0.3) is 11.8 Å². The molecule has 3 N–H and O–H groups in total. The minimum atomic E-state index is -0.488. The second kappa shape index (κ2) is 15.5. The molecule has 0 heterocycles. The lowest BCUT2D eigenvalue weighted by Gasteiger charge is -2.16. The van der Waals surface area contributed by atoms with Crippen molar-refractivity contribution < 1.29 is 23.9 Å². The van der Waals surface area contributed by atoms with Crippen LogP contribution in [-0.2, 0) is 9.59 Å². The zero-order valence-corrected chi connectivity index (χ0v) is 27.2. The van der Waals surface area contributed by atoms with E-state index in [-0.39, 0.29) is 11.6 Å². The Labute approximate surface area is 273 Å². The molecular formula is C33H29BrClN3O5S. The van der Waals surface area contributed by atoms with Crippen molar-refractivity contribution in [2.45, 2.75) is 17.1 Å². The Morgan fingerprint density at radius 2 is 1.52 bits per heavy atom. The third-order valence-electron chi connectivity index (χ3n) is 6.24. The fourth-order valence-electron chi connectivity index (χ4n) is 3.93. The maximum Gasteiger partial charge on any atom is 0.272 e. The number of carbonyl (C=O) groups excluding carboxylic acids is 3. The summed E-state index contributed by atoms with van der Waals surface area (Å²) in [5.41, 5.74) is 2.19. The van der Waals surface area contributed by atoms with E-state index in [1.807, 2.05) is 30.3 Å². The normalized spacial score (nSPS) is 11.7. The van der Waals surface area contributed by atoms with E-state index in [0.717, 1.165) is 14.9 Å². The molecule has 3 amide bonds. The van der Waals surface area contributed by atoms with Crippen molar-refractivity contribution in [1.82, 2.24) is 5.32 Å². The molecule has 0 aliphatic rings. The number of rotatable bonds is 11. The lowest BCUT2D eigenvalue weighted by molar-refractivity contribution is -0.115. The van der Waals surface area contributed by atoms with Crippen LogP contribution < -0.4 is 25.4 Å². The monoisotopic (exact) mass is 693 g/mol. The molecule has 4 aromatic rings. The summed E-state index contributed by atoms with van der Waals surface area (Å²) >= 11 is 11.0. The molecule has 4 rings (SSSR count). The van der Waals surface area contributed by atoms with Gasteiger partial charge in [-0.1, -0.05) is 57.9 Å². The van der Waals surface area contributed by atoms with Crippen molar-refractivity contribution in [2.75, 3.05) is 24.9 Å². The Morgan fingerprint density at radius 1 is 0.864 bits per heavy atom. The van der Waals surface area contributed by atoms with E-state index in [0.29, 0.717) is 33.5 Å². The van der Waals surface area contributed by atoms with Gasteiger partial charge in [0.1, 0.15) is 17.2 Å². The van der Waals surface area contributed by atoms with Gasteiger partial charge >= 0.3 is 0 Å². The van der Waals surface area contributed by atoms with E-state index >= 15 is 0 Å². The highest BCUT2D eigenvalue weighted by Crippen LogP contribution is 2.36. The predicted molar refractivity (Wildman–Crippen MR) is 180 cm³/mol. The van der Waals surface area contributed by atoms with Gasteiger partial charge in [0, 0.05) is 26.7 Å². The Balaban J connectivity index is 1.43. The van der Waals surface area contributed by atoms with Crippen molar-refractivity contribution in [3.8, 4) is 11.5 Å². The van der Waals surface area contributed by atoms with Gasteiger partial charge in [0.2, 0.25) is 5.91 Å². The maximum absolute atomic E-state index is 13.3. The highest BCUT2D eigenvalue weighted by atomic mass is 79.9. The van der Waals surface area contributed by atoms with Crippen LogP contribution >= 0.6 is 39.3 Å². The molecule has 44 heavy (non-hydrogen) atoms. The largest absolute Gasteiger partial charge is 0.495 e. The van der Waals surface area contributed by atoms with Crippen molar-refractivity contribution in [3.63, 3.8) is 0 Å². The van der Waals surface area contributed by atoms with Gasteiger partial charge in [-0.15, -0.1) is 11.8 Å². The molecule has 0 spiro atoms. The first-order chi connectivity index (χ1) is 21.2. The highest BCUT2D eigenvalue weighted by Gasteiger charge is 2.19. The quantitative estimate of drug-likeness (QED) is 0.110. The van der Waals surface area contributed by atoms with Crippen LogP contribution in [-0.4, -0.2) is 37.2 Å². The highest BCUT2D eigenvalue weighted by molar-refractivity contribution is 9.10. The molecule has 11 heteroatoms. The number of methoxy groups -OCH3 is 2. The Bertz CT molecular complexity index is 1670. The van der Waals surface area contributed by atoms with Gasteiger partial charge in [0.15, 0.2) is 0 Å². The molecule has 4 aromatic carbocycles. The van der Waals surface area contributed by atoms with Crippen LogP contribution in [0.3, 0.4) is 0 Å². The lowest BCUT2D eigenvalue weighted by atomic mass is 10.1. The van der Waals surface area contributed by atoms with E-state index in [4.69, 9.17) is 21.1 Å².